The van der Waals surface area contributed by atoms with Crippen LogP contribution in [0.25, 0.3) is 11.4 Å². The number of hydrogen-bond acceptors (Lipinski definition) is 5. The Bertz CT molecular complexity index is 693. The van der Waals surface area contributed by atoms with Gasteiger partial charge in [0.2, 0.25) is 11.7 Å². The molecule has 0 aliphatic heterocycles. The molecular formula is C11H12N4O3. The molecule has 0 aromatic carbocycles. The lowest BCUT2D eigenvalue weighted by molar-refractivity contribution is 0.292. The van der Waals surface area contributed by atoms with E-state index >= 15 is 0 Å². The van der Waals surface area contributed by atoms with E-state index in [2.05, 4.69) is 15.1 Å². The summed E-state index contributed by atoms with van der Waals surface area (Å²) in [4.78, 5) is 29.3. The SMILES string of the molecule is Cn1cc(-c2noc(C3CCC3)n2)c(=O)[nH]c1=O. The van der Waals surface area contributed by atoms with Crippen LogP contribution in [0.15, 0.2) is 20.3 Å². The molecule has 7 nitrogen and oxygen atoms in total. The van der Waals surface area contributed by atoms with Crippen molar-refractivity contribution in [3.63, 3.8) is 0 Å². The number of rotatable bonds is 2. The fourth-order valence-corrected chi connectivity index (χ4v) is 1.89. The highest BCUT2D eigenvalue weighted by Crippen LogP contribution is 2.35. The highest BCUT2D eigenvalue weighted by molar-refractivity contribution is 5.50. The molecule has 94 valence electrons. The molecule has 3 rings (SSSR count). The van der Waals surface area contributed by atoms with E-state index in [-0.39, 0.29) is 11.4 Å². The van der Waals surface area contributed by atoms with E-state index in [0.29, 0.717) is 11.8 Å². The lowest BCUT2D eigenvalue weighted by Crippen LogP contribution is -2.28. The second kappa shape index (κ2) is 3.94. The smallest absolute Gasteiger partial charge is 0.328 e. The summed E-state index contributed by atoms with van der Waals surface area (Å²) < 4.78 is 6.42. The first-order valence-electron chi connectivity index (χ1n) is 5.79. The van der Waals surface area contributed by atoms with E-state index in [4.69, 9.17) is 4.52 Å². The molecule has 0 bridgehead atoms. The molecule has 2 heterocycles. The van der Waals surface area contributed by atoms with Crippen LogP contribution in [0.1, 0.15) is 31.1 Å². The van der Waals surface area contributed by atoms with E-state index in [1.165, 1.54) is 17.2 Å². The standard InChI is InChI=1S/C11H12N4O3/c1-15-5-7(9(16)13-11(15)17)8-12-10(18-14-8)6-3-2-4-6/h5-6H,2-4H2,1H3,(H,13,16,17). The van der Waals surface area contributed by atoms with Crippen LogP contribution < -0.4 is 11.2 Å². The molecule has 1 aliphatic rings. The number of hydrogen-bond donors (Lipinski definition) is 1. The van der Waals surface area contributed by atoms with Crippen molar-refractivity contribution < 1.29 is 4.52 Å². The zero-order chi connectivity index (χ0) is 12.7. The first-order chi connectivity index (χ1) is 8.65. The van der Waals surface area contributed by atoms with Crippen molar-refractivity contribution in [3.05, 3.63) is 32.9 Å². The summed E-state index contributed by atoms with van der Waals surface area (Å²) in [6.45, 7) is 0. The van der Waals surface area contributed by atoms with E-state index in [0.717, 1.165) is 12.8 Å². The van der Waals surface area contributed by atoms with Gasteiger partial charge in [-0.05, 0) is 12.8 Å². The van der Waals surface area contributed by atoms with Crippen LogP contribution in [0.2, 0.25) is 0 Å². The molecule has 0 radical (unpaired) electrons. The maximum Gasteiger partial charge on any atom is 0.328 e. The van der Waals surface area contributed by atoms with Gasteiger partial charge in [0.1, 0.15) is 5.56 Å². The lowest BCUT2D eigenvalue weighted by Gasteiger charge is -2.20. The van der Waals surface area contributed by atoms with Crippen molar-refractivity contribution in [2.24, 2.45) is 7.05 Å². The van der Waals surface area contributed by atoms with Crippen LogP contribution in [-0.2, 0) is 7.05 Å². The number of aromatic nitrogens is 4. The third kappa shape index (κ3) is 1.68. The molecule has 1 fully saturated rings. The first kappa shape index (κ1) is 10.9. The predicted molar refractivity (Wildman–Crippen MR) is 62.2 cm³/mol. The Morgan fingerprint density at radius 2 is 2.22 bits per heavy atom. The highest BCUT2D eigenvalue weighted by Gasteiger charge is 2.26. The van der Waals surface area contributed by atoms with Crippen molar-refractivity contribution in [3.8, 4) is 11.4 Å². The van der Waals surface area contributed by atoms with Gasteiger partial charge in [0.15, 0.2) is 0 Å². The number of aryl methyl sites for hydroxylation is 1. The number of nitrogens with one attached hydrogen (secondary N) is 1. The van der Waals surface area contributed by atoms with Crippen LogP contribution in [0, 0.1) is 0 Å². The fourth-order valence-electron chi connectivity index (χ4n) is 1.89. The summed E-state index contributed by atoms with van der Waals surface area (Å²) in [5, 5.41) is 3.80. The minimum Gasteiger partial charge on any atom is -0.339 e. The third-order valence-electron chi connectivity index (χ3n) is 3.25. The van der Waals surface area contributed by atoms with Crippen molar-refractivity contribution >= 4 is 0 Å². The molecule has 2 aromatic heterocycles. The molecule has 1 saturated carbocycles. The predicted octanol–water partition coefficient (Wildman–Crippen LogP) is 0.391. The monoisotopic (exact) mass is 248 g/mol. The quantitative estimate of drug-likeness (QED) is 0.829. The van der Waals surface area contributed by atoms with Crippen LogP contribution in [0.5, 0.6) is 0 Å². The number of aromatic amines is 1. The van der Waals surface area contributed by atoms with Gasteiger partial charge >= 0.3 is 5.69 Å². The molecule has 7 heteroatoms. The van der Waals surface area contributed by atoms with Gasteiger partial charge in [-0.2, -0.15) is 4.98 Å². The Morgan fingerprint density at radius 3 is 2.89 bits per heavy atom. The van der Waals surface area contributed by atoms with Crippen molar-refractivity contribution in [1.29, 1.82) is 0 Å². The van der Waals surface area contributed by atoms with Crippen molar-refractivity contribution in [2.75, 3.05) is 0 Å². The fraction of sp³-hybridized carbons (Fsp3) is 0.455. The normalized spacial score (nSPS) is 15.6. The molecule has 0 saturated heterocycles. The molecule has 1 aliphatic carbocycles. The van der Waals surface area contributed by atoms with Gasteiger partial charge in [-0.15, -0.1) is 0 Å². The Morgan fingerprint density at radius 1 is 1.44 bits per heavy atom. The van der Waals surface area contributed by atoms with Crippen LogP contribution in [-0.4, -0.2) is 19.7 Å². The van der Waals surface area contributed by atoms with E-state index in [9.17, 15) is 9.59 Å². The molecular weight excluding hydrogens is 236 g/mol. The van der Waals surface area contributed by atoms with Gasteiger partial charge in [0.25, 0.3) is 5.56 Å². The first-order valence-corrected chi connectivity index (χ1v) is 5.79. The Hall–Kier alpha value is -2.18. The van der Waals surface area contributed by atoms with Gasteiger partial charge in [-0.1, -0.05) is 11.6 Å². The molecule has 1 N–H and O–H groups in total. The third-order valence-corrected chi connectivity index (χ3v) is 3.25. The van der Waals surface area contributed by atoms with Gasteiger partial charge in [-0.3, -0.25) is 9.78 Å². The zero-order valence-electron chi connectivity index (χ0n) is 9.84. The molecule has 0 spiro atoms. The average molecular weight is 248 g/mol. The molecule has 0 atom stereocenters. The van der Waals surface area contributed by atoms with E-state index in [1.54, 1.807) is 7.05 Å². The molecule has 0 unspecified atom stereocenters. The van der Waals surface area contributed by atoms with Crippen LogP contribution in [0.3, 0.4) is 0 Å². The minimum atomic E-state index is -0.501. The average Bonchev–Trinajstić information content (AvgIpc) is 2.70. The lowest BCUT2D eigenvalue weighted by atomic mass is 9.85. The van der Waals surface area contributed by atoms with E-state index in [1.807, 2.05) is 0 Å². The Kier molecular flexibility index (Phi) is 2.39. The van der Waals surface area contributed by atoms with Crippen LogP contribution >= 0.6 is 0 Å². The summed E-state index contributed by atoms with van der Waals surface area (Å²) in [6, 6.07) is 0. The maximum absolute atomic E-state index is 11.7. The summed E-state index contributed by atoms with van der Waals surface area (Å²) >= 11 is 0. The Balaban J connectivity index is 2.04. The second-order valence-corrected chi connectivity index (χ2v) is 4.50. The summed E-state index contributed by atoms with van der Waals surface area (Å²) in [5.41, 5.74) is -0.725. The summed E-state index contributed by atoms with van der Waals surface area (Å²) in [5.74, 6) is 1.12. The zero-order valence-corrected chi connectivity index (χ0v) is 9.84. The number of nitrogens with zero attached hydrogens (tertiary/aromatic N) is 3. The van der Waals surface area contributed by atoms with Gasteiger partial charge in [0, 0.05) is 19.2 Å². The number of H-pyrrole nitrogens is 1. The minimum absolute atomic E-state index is 0.230. The summed E-state index contributed by atoms with van der Waals surface area (Å²) in [6.07, 6.45) is 4.68. The van der Waals surface area contributed by atoms with Gasteiger partial charge in [-0.25, -0.2) is 4.79 Å². The van der Waals surface area contributed by atoms with Crippen molar-refractivity contribution in [2.45, 2.75) is 25.2 Å². The molecule has 18 heavy (non-hydrogen) atoms. The molecule has 2 aromatic rings. The van der Waals surface area contributed by atoms with Crippen LogP contribution in [0.4, 0.5) is 0 Å². The van der Waals surface area contributed by atoms with Gasteiger partial charge < -0.3 is 9.09 Å². The summed E-state index contributed by atoms with van der Waals surface area (Å²) in [7, 11) is 1.55. The van der Waals surface area contributed by atoms with Crippen molar-refractivity contribution in [1.82, 2.24) is 19.7 Å². The largest absolute Gasteiger partial charge is 0.339 e. The topological polar surface area (TPSA) is 93.8 Å². The Labute approximate surface area is 101 Å². The maximum atomic E-state index is 11.7. The molecule has 0 amide bonds. The highest BCUT2D eigenvalue weighted by atomic mass is 16.5. The second-order valence-electron chi connectivity index (χ2n) is 4.50. The van der Waals surface area contributed by atoms with E-state index < -0.39 is 11.2 Å². The van der Waals surface area contributed by atoms with Gasteiger partial charge in [0.05, 0.1) is 0 Å².